The highest BCUT2D eigenvalue weighted by atomic mass is 32.2. The number of aliphatic imine (C=N–C) groups is 1. The predicted octanol–water partition coefficient (Wildman–Crippen LogP) is 4.42. The fraction of sp³-hybridized carbons (Fsp3) is 0.789. The average molecular weight is 348 g/mol. The van der Waals surface area contributed by atoms with E-state index in [1.165, 1.54) is 62.8 Å². The van der Waals surface area contributed by atoms with E-state index >= 15 is 0 Å². The SMILES string of the molecule is OC(CC1CCC(C2CCC2)CC1)[SH]1C(C2CC2)=Nc2cncn21. The van der Waals surface area contributed by atoms with E-state index in [4.69, 9.17) is 4.99 Å². The summed E-state index contributed by atoms with van der Waals surface area (Å²) in [5, 5.41) is 12.3. The molecule has 1 aromatic rings. The van der Waals surface area contributed by atoms with Crippen LogP contribution in [0, 0.1) is 23.7 Å². The van der Waals surface area contributed by atoms with Gasteiger partial charge < -0.3 is 5.11 Å². The first-order chi connectivity index (χ1) is 11.8. The summed E-state index contributed by atoms with van der Waals surface area (Å²) in [4.78, 5) is 9.05. The minimum Gasteiger partial charge on any atom is -0.382 e. The van der Waals surface area contributed by atoms with Gasteiger partial charge in [-0.3, -0.25) is 3.97 Å². The molecule has 1 aromatic heterocycles. The van der Waals surface area contributed by atoms with Crippen molar-refractivity contribution in [3.63, 3.8) is 0 Å². The van der Waals surface area contributed by atoms with Crippen molar-refractivity contribution in [2.24, 2.45) is 28.7 Å². The highest BCUT2D eigenvalue weighted by molar-refractivity contribution is 8.29. The van der Waals surface area contributed by atoms with Crippen molar-refractivity contribution < 1.29 is 5.11 Å². The van der Waals surface area contributed by atoms with Crippen LogP contribution in [0.25, 0.3) is 0 Å². The predicted molar refractivity (Wildman–Crippen MR) is 99.8 cm³/mol. The fourth-order valence-corrected chi connectivity index (χ4v) is 7.56. The molecule has 3 fully saturated rings. The number of rotatable bonds is 5. The molecule has 5 rings (SSSR count). The van der Waals surface area contributed by atoms with E-state index in [1.54, 1.807) is 0 Å². The van der Waals surface area contributed by atoms with Gasteiger partial charge in [-0.2, -0.15) is 0 Å². The molecule has 1 aliphatic heterocycles. The number of thiol groups is 1. The second-order valence-electron chi connectivity index (χ2n) is 8.37. The van der Waals surface area contributed by atoms with Crippen LogP contribution in [0.1, 0.15) is 64.2 Å². The molecule has 2 atom stereocenters. The number of hydrogen-bond donors (Lipinski definition) is 2. The van der Waals surface area contributed by atoms with Gasteiger partial charge in [0.05, 0.1) is 11.2 Å². The first kappa shape index (κ1) is 15.4. The first-order valence-electron chi connectivity index (χ1n) is 9.88. The van der Waals surface area contributed by atoms with Gasteiger partial charge in [-0.25, -0.2) is 9.98 Å². The number of fused-ring (bicyclic) bond motifs is 1. The Morgan fingerprint density at radius 3 is 2.50 bits per heavy atom. The Kier molecular flexibility index (Phi) is 3.97. The van der Waals surface area contributed by atoms with E-state index in [9.17, 15) is 5.11 Å². The maximum atomic E-state index is 11.0. The Balaban J connectivity index is 1.22. The molecule has 5 heteroatoms. The third kappa shape index (κ3) is 2.74. The molecule has 3 saturated carbocycles. The van der Waals surface area contributed by atoms with E-state index in [1.807, 2.05) is 12.5 Å². The van der Waals surface area contributed by atoms with Crippen LogP contribution in [0.5, 0.6) is 0 Å². The molecule has 4 nitrogen and oxygen atoms in total. The van der Waals surface area contributed by atoms with Gasteiger partial charge in [-0.1, -0.05) is 32.1 Å². The average Bonchev–Trinajstić information content (AvgIpc) is 3.16. The molecule has 0 spiro atoms. The second kappa shape index (κ2) is 6.17. The molecule has 0 saturated heterocycles. The van der Waals surface area contributed by atoms with Gasteiger partial charge in [0.2, 0.25) is 0 Å². The van der Waals surface area contributed by atoms with Gasteiger partial charge in [0.1, 0.15) is 11.8 Å². The van der Waals surface area contributed by atoms with E-state index < -0.39 is 11.1 Å². The van der Waals surface area contributed by atoms with E-state index in [2.05, 4.69) is 8.96 Å². The molecular weight excluding hydrogens is 318 g/mol. The largest absolute Gasteiger partial charge is 0.382 e. The third-order valence-corrected chi connectivity index (χ3v) is 9.26. The number of imidazole rings is 1. The normalized spacial score (nSPS) is 36.0. The Labute approximate surface area is 147 Å². The zero-order valence-electron chi connectivity index (χ0n) is 14.3. The highest BCUT2D eigenvalue weighted by Crippen LogP contribution is 2.53. The molecule has 3 aliphatic carbocycles. The zero-order valence-corrected chi connectivity index (χ0v) is 15.2. The molecule has 1 N–H and O–H groups in total. The van der Waals surface area contributed by atoms with Crippen molar-refractivity contribution in [3.05, 3.63) is 12.5 Å². The lowest BCUT2D eigenvalue weighted by atomic mass is 9.68. The summed E-state index contributed by atoms with van der Waals surface area (Å²) in [6, 6.07) is 0. The Morgan fingerprint density at radius 2 is 1.83 bits per heavy atom. The van der Waals surface area contributed by atoms with Crippen LogP contribution in [0.3, 0.4) is 0 Å². The number of hydrogen-bond acceptors (Lipinski definition) is 3. The summed E-state index contributed by atoms with van der Waals surface area (Å²) in [5.41, 5.74) is -0.236. The van der Waals surface area contributed by atoms with Crippen LogP contribution < -0.4 is 0 Å². The number of aliphatic hydroxyl groups is 1. The molecule has 2 heterocycles. The molecule has 132 valence electrons. The minimum absolute atomic E-state index is 0.236. The summed E-state index contributed by atoms with van der Waals surface area (Å²) in [6.45, 7) is 0. The van der Waals surface area contributed by atoms with Gasteiger partial charge in [0.15, 0.2) is 5.82 Å². The smallest absolute Gasteiger partial charge is 0.162 e. The van der Waals surface area contributed by atoms with Gasteiger partial charge in [0.25, 0.3) is 0 Å². The summed E-state index contributed by atoms with van der Waals surface area (Å²) in [7, 11) is 0. The zero-order chi connectivity index (χ0) is 16.1. The standard InChI is InChI=1S/C19H29N3OS/c23-18(10-13-4-6-15(7-5-13)14-2-1-3-14)24-19(16-8-9-16)21-17-11-20-12-22(17)24/h11-16,18,23-24H,1-10H2. The molecule has 24 heavy (non-hydrogen) atoms. The van der Waals surface area contributed by atoms with Gasteiger partial charge >= 0.3 is 0 Å². The lowest BCUT2D eigenvalue weighted by Gasteiger charge is -2.39. The summed E-state index contributed by atoms with van der Waals surface area (Å²) in [6.07, 6.45) is 17.1. The van der Waals surface area contributed by atoms with Gasteiger partial charge in [0, 0.05) is 5.92 Å². The molecule has 0 aromatic carbocycles. The van der Waals surface area contributed by atoms with Gasteiger partial charge in [-0.05, 0) is 49.9 Å². The Morgan fingerprint density at radius 1 is 1.08 bits per heavy atom. The minimum atomic E-state index is -0.706. The molecule has 0 bridgehead atoms. The number of nitrogens with zero attached hydrogens (tertiary/aromatic N) is 3. The molecule has 0 amide bonds. The van der Waals surface area contributed by atoms with E-state index in [-0.39, 0.29) is 5.44 Å². The number of aromatic nitrogens is 2. The first-order valence-corrected chi connectivity index (χ1v) is 11.2. The summed E-state index contributed by atoms with van der Waals surface area (Å²) in [5.74, 6) is 4.35. The summed E-state index contributed by atoms with van der Waals surface area (Å²) < 4.78 is 2.17. The van der Waals surface area contributed by atoms with Crippen LogP contribution in [-0.4, -0.2) is 24.5 Å². The lowest BCUT2D eigenvalue weighted by molar-refractivity contribution is 0.122. The van der Waals surface area contributed by atoms with Crippen LogP contribution >= 0.6 is 11.1 Å². The van der Waals surface area contributed by atoms with Crippen LogP contribution in [0.4, 0.5) is 5.82 Å². The fourth-order valence-electron chi connectivity index (χ4n) is 4.93. The monoisotopic (exact) mass is 347 g/mol. The van der Waals surface area contributed by atoms with Gasteiger partial charge in [-0.15, -0.1) is 11.1 Å². The van der Waals surface area contributed by atoms with Crippen LogP contribution in [0.15, 0.2) is 17.5 Å². The second-order valence-corrected chi connectivity index (χ2v) is 10.5. The topological polar surface area (TPSA) is 50.4 Å². The molecular formula is C19H29N3OS. The Bertz CT molecular complexity index is 626. The lowest BCUT2D eigenvalue weighted by Crippen LogP contribution is -2.28. The third-order valence-electron chi connectivity index (χ3n) is 6.77. The number of aliphatic hydroxyl groups excluding tert-OH is 1. The quantitative estimate of drug-likeness (QED) is 0.775. The van der Waals surface area contributed by atoms with Crippen molar-refractivity contribution in [2.75, 3.05) is 0 Å². The van der Waals surface area contributed by atoms with E-state index in [0.29, 0.717) is 11.8 Å². The van der Waals surface area contributed by atoms with Crippen molar-refractivity contribution in [3.8, 4) is 0 Å². The highest BCUT2D eigenvalue weighted by Gasteiger charge is 2.40. The Hall–Kier alpha value is -0.810. The molecule has 0 radical (unpaired) electrons. The molecule has 2 unspecified atom stereocenters. The van der Waals surface area contributed by atoms with E-state index in [0.717, 1.165) is 24.1 Å². The van der Waals surface area contributed by atoms with Crippen LogP contribution in [0.2, 0.25) is 0 Å². The maximum Gasteiger partial charge on any atom is 0.162 e. The molecule has 4 aliphatic rings. The van der Waals surface area contributed by atoms with Crippen molar-refractivity contribution in [1.29, 1.82) is 0 Å². The van der Waals surface area contributed by atoms with Crippen molar-refractivity contribution >= 4 is 21.9 Å². The summed E-state index contributed by atoms with van der Waals surface area (Å²) >= 11 is -0.706. The maximum absolute atomic E-state index is 11.0. The van der Waals surface area contributed by atoms with Crippen molar-refractivity contribution in [2.45, 2.75) is 69.6 Å². The van der Waals surface area contributed by atoms with Crippen molar-refractivity contribution in [1.82, 2.24) is 8.96 Å². The van der Waals surface area contributed by atoms with Crippen LogP contribution in [-0.2, 0) is 0 Å².